The highest BCUT2D eigenvalue weighted by atomic mass is 15.2. The number of anilines is 1. The number of aromatic nitrogens is 2. The first kappa shape index (κ1) is 12.1. The Labute approximate surface area is 110 Å². The standard InChI is InChI=1S/C15H25N3/c1-10(2)9-18-14(16)13(11-5-3-4-6-11)17-15(18)12-7-8-12/h10-12H,3-9,16H2,1-2H3. The summed E-state index contributed by atoms with van der Waals surface area (Å²) in [7, 11) is 0. The van der Waals surface area contributed by atoms with Crippen LogP contribution in [-0.4, -0.2) is 9.55 Å². The molecule has 1 aromatic rings. The third-order valence-corrected chi connectivity index (χ3v) is 4.30. The largest absolute Gasteiger partial charge is 0.384 e. The molecular weight excluding hydrogens is 222 g/mol. The Hall–Kier alpha value is -0.990. The van der Waals surface area contributed by atoms with Gasteiger partial charge < -0.3 is 10.3 Å². The molecular formula is C15H25N3. The van der Waals surface area contributed by atoms with E-state index in [9.17, 15) is 0 Å². The highest BCUT2D eigenvalue weighted by Gasteiger charge is 2.33. The first-order valence-corrected chi connectivity index (χ1v) is 7.52. The lowest BCUT2D eigenvalue weighted by Gasteiger charge is -2.12. The van der Waals surface area contributed by atoms with E-state index in [0.29, 0.717) is 17.8 Å². The Morgan fingerprint density at radius 1 is 1.17 bits per heavy atom. The lowest BCUT2D eigenvalue weighted by molar-refractivity contribution is 0.511. The van der Waals surface area contributed by atoms with E-state index < -0.39 is 0 Å². The number of hydrogen-bond acceptors (Lipinski definition) is 2. The van der Waals surface area contributed by atoms with Crippen molar-refractivity contribution in [1.82, 2.24) is 9.55 Å². The molecule has 0 amide bonds. The maximum atomic E-state index is 6.40. The third-order valence-electron chi connectivity index (χ3n) is 4.30. The van der Waals surface area contributed by atoms with E-state index in [4.69, 9.17) is 10.7 Å². The molecule has 2 aliphatic rings. The molecule has 2 N–H and O–H groups in total. The first-order valence-electron chi connectivity index (χ1n) is 7.52. The van der Waals surface area contributed by atoms with Crippen LogP contribution in [0.2, 0.25) is 0 Å². The second-order valence-corrected chi connectivity index (χ2v) is 6.50. The van der Waals surface area contributed by atoms with Crippen molar-refractivity contribution in [3.05, 3.63) is 11.5 Å². The van der Waals surface area contributed by atoms with Crippen molar-refractivity contribution in [2.24, 2.45) is 5.92 Å². The molecule has 2 saturated carbocycles. The fourth-order valence-corrected chi connectivity index (χ4v) is 3.21. The van der Waals surface area contributed by atoms with Crippen LogP contribution in [0.25, 0.3) is 0 Å². The Bertz CT molecular complexity index is 423. The van der Waals surface area contributed by atoms with Gasteiger partial charge in [0.1, 0.15) is 11.6 Å². The van der Waals surface area contributed by atoms with Gasteiger partial charge in [-0.3, -0.25) is 0 Å². The van der Waals surface area contributed by atoms with E-state index in [1.165, 1.54) is 50.0 Å². The SMILES string of the molecule is CC(C)Cn1c(C2CC2)nc(C2CCCC2)c1N. The van der Waals surface area contributed by atoms with Crippen LogP contribution in [0.1, 0.15) is 75.7 Å². The van der Waals surface area contributed by atoms with Crippen LogP contribution < -0.4 is 5.73 Å². The van der Waals surface area contributed by atoms with Gasteiger partial charge in [0.05, 0.1) is 5.69 Å². The lowest BCUT2D eigenvalue weighted by atomic mass is 10.0. The van der Waals surface area contributed by atoms with E-state index in [2.05, 4.69) is 18.4 Å². The normalized spacial score (nSPS) is 21.1. The zero-order chi connectivity index (χ0) is 12.7. The maximum absolute atomic E-state index is 6.40. The summed E-state index contributed by atoms with van der Waals surface area (Å²) in [6.45, 7) is 5.54. The van der Waals surface area contributed by atoms with Crippen molar-refractivity contribution in [1.29, 1.82) is 0 Å². The Morgan fingerprint density at radius 3 is 2.39 bits per heavy atom. The molecule has 2 fully saturated rings. The van der Waals surface area contributed by atoms with Crippen molar-refractivity contribution in [2.45, 2.75) is 70.8 Å². The Morgan fingerprint density at radius 2 is 1.83 bits per heavy atom. The molecule has 1 heterocycles. The van der Waals surface area contributed by atoms with Gasteiger partial charge in [0.15, 0.2) is 0 Å². The molecule has 0 spiro atoms. The van der Waals surface area contributed by atoms with Crippen molar-refractivity contribution in [3.8, 4) is 0 Å². The zero-order valence-electron chi connectivity index (χ0n) is 11.7. The molecule has 0 radical (unpaired) electrons. The van der Waals surface area contributed by atoms with Gasteiger partial charge in [-0.25, -0.2) is 4.98 Å². The molecule has 2 aliphatic carbocycles. The summed E-state index contributed by atoms with van der Waals surface area (Å²) in [5, 5.41) is 0. The smallest absolute Gasteiger partial charge is 0.127 e. The summed E-state index contributed by atoms with van der Waals surface area (Å²) in [6.07, 6.45) is 7.87. The van der Waals surface area contributed by atoms with Crippen molar-refractivity contribution in [2.75, 3.05) is 5.73 Å². The maximum Gasteiger partial charge on any atom is 0.127 e. The third kappa shape index (κ3) is 2.15. The number of nitrogens with zero attached hydrogens (tertiary/aromatic N) is 2. The van der Waals surface area contributed by atoms with Gasteiger partial charge in [-0.15, -0.1) is 0 Å². The molecule has 0 saturated heterocycles. The van der Waals surface area contributed by atoms with Crippen LogP contribution in [-0.2, 0) is 6.54 Å². The number of hydrogen-bond donors (Lipinski definition) is 1. The van der Waals surface area contributed by atoms with Crippen molar-refractivity contribution >= 4 is 5.82 Å². The van der Waals surface area contributed by atoms with Gasteiger partial charge in [0.2, 0.25) is 0 Å². The fourth-order valence-electron chi connectivity index (χ4n) is 3.21. The molecule has 3 heteroatoms. The van der Waals surface area contributed by atoms with Crippen LogP contribution in [0, 0.1) is 5.92 Å². The molecule has 0 atom stereocenters. The first-order chi connectivity index (χ1) is 8.66. The van der Waals surface area contributed by atoms with E-state index in [1.807, 2.05) is 0 Å². The lowest BCUT2D eigenvalue weighted by Crippen LogP contribution is -2.11. The van der Waals surface area contributed by atoms with E-state index in [-0.39, 0.29) is 0 Å². The number of nitrogens with two attached hydrogens (primary N) is 1. The molecule has 3 nitrogen and oxygen atoms in total. The number of rotatable bonds is 4. The van der Waals surface area contributed by atoms with Gasteiger partial charge in [0, 0.05) is 18.4 Å². The topological polar surface area (TPSA) is 43.8 Å². The molecule has 1 aromatic heterocycles. The van der Waals surface area contributed by atoms with Crippen molar-refractivity contribution in [3.63, 3.8) is 0 Å². The van der Waals surface area contributed by atoms with Crippen LogP contribution in [0.15, 0.2) is 0 Å². The van der Waals surface area contributed by atoms with Crippen LogP contribution in [0.3, 0.4) is 0 Å². The minimum absolute atomic E-state index is 0.635. The van der Waals surface area contributed by atoms with Crippen LogP contribution in [0.4, 0.5) is 5.82 Å². The summed E-state index contributed by atoms with van der Waals surface area (Å²) in [5.41, 5.74) is 7.62. The minimum atomic E-state index is 0.635. The quantitative estimate of drug-likeness (QED) is 0.882. The van der Waals surface area contributed by atoms with Crippen molar-refractivity contribution < 1.29 is 0 Å². The molecule has 0 unspecified atom stereocenters. The minimum Gasteiger partial charge on any atom is -0.384 e. The number of imidazole rings is 1. The van der Waals surface area contributed by atoms with E-state index >= 15 is 0 Å². The average molecular weight is 247 g/mol. The highest BCUT2D eigenvalue weighted by Crippen LogP contribution is 2.44. The summed E-state index contributed by atoms with van der Waals surface area (Å²) < 4.78 is 2.32. The monoisotopic (exact) mass is 247 g/mol. The van der Waals surface area contributed by atoms with Gasteiger partial charge in [0.25, 0.3) is 0 Å². The molecule has 0 bridgehead atoms. The predicted molar refractivity (Wildman–Crippen MR) is 74.7 cm³/mol. The molecule has 0 aliphatic heterocycles. The Kier molecular flexibility index (Phi) is 3.08. The molecule has 100 valence electrons. The summed E-state index contributed by atoms with van der Waals surface area (Å²) in [4.78, 5) is 4.94. The fraction of sp³-hybridized carbons (Fsp3) is 0.800. The summed E-state index contributed by atoms with van der Waals surface area (Å²) >= 11 is 0. The highest BCUT2D eigenvalue weighted by molar-refractivity contribution is 5.42. The van der Waals surface area contributed by atoms with Gasteiger partial charge in [-0.1, -0.05) is 26.7 Å². The summed E-state index contributed by atoms with van der Waals surface area (Å²) in [5.74, 6) is 4.22. The second-order valence-electron chi connectivity index (χ2n) is 6.50. The van der Waals surface area contributed by atoms with Gasteiger partial charge >= 0.3 is 0 Å². The zero-order valence-corrected chi connectivity index (χ0v) is 11.7. The van der Waals surface area contributed by atoms with Crippen LogP contribution in [0.5, 0.6) is 0 Å². The van der Waals surface area contributed by atoms with E-state index in [1.54, 1.807) is 0 Å². The second kappa shape index (κ2) is 4.60. The molecule has 0 aromatic carbocycles. The van der Waals surface area contributed by atoms with Gasteiger partial charge in [-0.2, -0.15) is 0 Å². The summed E-state index contributed by atoms with van der Waals surface area (Å²) in [6, 6.07) is 0. The Balaban J connectivity index is 1.94. The molecule has 3 rings (SSSR count). The predicted octanol–water partition coefficient (Wildman–Crippen LogP) is 3.66. The molecule has 18 heavy (non-hydrogen) atoms. The van der Waals surface area contributed by atoms with E-state index in [0.717, 1.165) is 12.4 Å². The van der Waals surface area contributed by atoms with Gasteiger partial charge in [-0.05, 0) is 31.6 Å². The van der Waals surface area contributed by atoms with Crippen LogP contribution >= 0.6 is 0 Å². The average Bonchev–Trinajstić information content (AvgIpc) is 2.92. The number of nitrogen functional groups attached to an aromatic ring is 1.